The second-order valence-corrected chi connectivity index (χ2v) is 6.83. The maximum absolute atomic E-state index is 14.5. The van der Waals surface area contributed by atoms with E-state index in [4.69, 9.17) is 16.7 Å². The smallest absolute Gasteiger partial charge is 0.257 e. The first-order valence-corrected chi connectivity index (χ1v) is 9.21. The summed E-state index contributed by atoms with van der Waals surface area (Å²) in [6, 6.07) is 4.04. The first kappa shape index (κ1) is 19.9. The molecular weight excluding hydrogens is 386 g/mol. The fraction of sp³-hybridized carbons (Fsp3) is 0.316. The molecule has 0 aliphatic carbocycles. The highest BCUT2D eigenvalue weighted by Gasteiger charge is 2.36. The Hall–Kier alpha value is -2.81. The molecule has 1 atom stereocenters. The van der Waals surface area contributed by atoms with Crippen LogP contribution in [0.3, 0.4) is 0 Å². The number of allylic oxidation sites excluding steroid dienone is 1. The average molecular weight is 406 g/mol. The van der Waals surface area contributed by atoms with Crippen LogP contribution < -0.4 is 10.6 Å². The summed E-state index contributed by atoms with van der Waals surface area (Å²) in [6.07, 6.45) is 0.773. The summed E-state index contributed by atoms with van der Waals surface area (Å²) < 4.78 is 33.9. The Balaban J connectivity index is 2.09. The lowest BCUT2D eigenvalue weighted by molar-refractivity contribution is -0.113. The molecule has 0 bridgehead atoms. The van der Waals surface area contributed by atoms with Crippen LogP contribution in [-0.2, 0) is 4.79 Å². The Morgan fingerprint density at radius 3 is 2.61 bits per heavy atom. The van der Waals surface area contributed by atoms with Gasteiger partial charge in [0, 0.05) is 18.3 Å². The largest absolute Gasteiger partial charge is 0.360 e. The minimum Gasteiger partial charge on any atom is -0.360 e. The molecule has 0 saturated carbocycles. The molecule has 0 unspecified atom stereocenters. The van der Waals surface area contributed by atoms with Gasteiger partial charge in [-0.05, 0) is 44.6 Å². The molecule has 1 aliphatic rings. The molecule has 1 aromatic carbocycles. The molecular formula is C19H20F2N4O2S. The van der Waals surface area contributed by atoms with Crippen molar-refractivity contribution in [2.24, 2.45) is 0 Å². The van der Waals surface area contributed by atoms with Crippen LogP contribution in [0.1, 0.15) is 37.6 Å². The monoisotopic (exact) mass is 406 g/mol. The second-order valence-electron chi connectivity index (χ2n) is 6.45. The molecule has 6 nitrogen and oxygen atoms in total. The van der Waals surface area contributed by atoms with Crippen molar-refractivity contribution in [1.82, 2.24) is 15.4 Å². The molecule has 148 valence electrons. The van der Waals surface area contributed by atoms with E-state index in [9.17, 15) is 13.6 Å². The summed E-state index contributed by atoms with van der Waals surface area (Å²) in [7, 11) is 0. The van der Waals surface area contributed by atoms with E-state index in [1.54, 1.807) is 24.8 Å². The van der Waals surface area contributed by atoms with Gasteiger partial charge < -0.3 is 20.1 Å². The van der Waals surface area contributed by atoms with E-state index in [1.165, 1.54) is 6.07 Å². The van der Waals surface area contributed by atoms with Gasteiger partial charge in [0.1, 0.15) is 17.4 Å². The molecule has 0 saturated heterocycles. The minimum atomic E-state index is -1.07. The molecule has 1 aromatic heterocycles. The first-order chi connectivity index (χ1) is 13.3. The molecule has 9 heteroatoms. The minimum absolute atomic E-state index is 0.159. The fourth-order valence-electron chi connectivity index (χ4n) is 3.18. The lowest BCUT2D eigenvalue weighted by atomic mass is 9.93. The lowest BCUT2D eigenvalue weighted by Gasteiger charge is -2.37. The van der Waals surface area contributed by atoms with Crippen LogP contribution in [0.5, 0.6) is 0 Å². The number of aryl methyl sites for hydroxylation is 1. The summed E-state index contributed by atoms with van der Waals surface area (Å²) in [5, 5.41) is 9.59. The third-order valence-corrected chi connectivity index (χ3v) is 4.78. The van der Waals surface area contributed by atoms with Crippen molar-refractivity contribution in [3.8, 4) is 0 Å². The summed E-state index contributed by atoms with van der Waals surface area (Å²) in [5.41, 5.74) is 0.421. The number of halogens is 2. The molecule has 0 fully saturated rings. The van der Waals surface area contributed by atoms with E-state index in [2.05, 4.69) is 15.8 Å². The molecule has 2 aromatic rings. The van der Waals surface area contributed by atoms with E-state index >= 15 is 0 Å². The van der Waals surface area contributed by atoms with Gasteiger partial charge in [-0.25, -0.2) is 8.78 Å². The fourth-order valence-corrected chi connectivity index (χ4v) is 3.53. The van der Waals surface area contributed by atoms with Crippen molar-refractivity contribution in [3.05, 3.63) is 58.5 Å². The zero-order chi connectivity index (χ0) is 20.4. The van der Waals surface area contributed by atoms with Crippen molar-refractivity contribution < 1.29 is 18.1 Å². The van der Waals surface area contributed by atoms with Gasteiger partial charge in [-0.1, -0.05) is 18.1 Å². The maximum atomic E-state index is 14.5. The Kier molecular flexibility index (Phi) is 5.73. The summed E-state index contributed by atoms with van der Waals surface area (Å²) in [5.74, 6) is -1.34. The van der Waals surface area contributed by atoms with Gasteiger partial charge in [-0.3, -0.25) is 4.79 Å². The Bertz CT molecular complexity index is 937. The number of nitrogens with one attached hydrogen (secondary N) is 2. The van der Waals surface area contributed by atoms with Crippen molar-refractivity contribution in [1.29, 1.82) is 0 Å². The SMILES string of the molecule is CCCN1C(=S)N[C@H](c2c(F)cccc2F)C(C(=O)Nc2cc(C)on2)=C1C. The molecule has 1 amide bonds. The third-order valence-electron chi connectivity index (χ3n) is 4.45. The molecule has 1 aliphatic heterocycles. The maximum Gasteiger partial charge on any atom is 0.257 e. The number of carbonyl (C=O) groups excluding carboxylic acids is 1. The summed E-state index contributed by atoms with van der Waals surface area (Å²) >= 11 is 5.38. The Morgan fingerprint density at radius 2 is 2.04 bits per heavy atom. The van der Waals surface area contributed by atoms with Crippen LogP contribution in [0.4, 0.5) is 14.6 Å². The third kappa shape index (κ3) is 3.75. The van der Waals surface area contributed by atoms with Gasteiger partial charge in [0.15, 0.2) is 10.9 Å². The standard InChI is InChI=1S/C19H20F2N4O2S/c1-4-8-25-11(3)15(18(26)22-14-9-10(2)27-24-14)17(23-19(25)28)16-12(20)6-5-7-13(16)21/h5-7,9,17H,4,8H2,1-3H3,(H,23,28)(H,22,24,26)/t17-/m0/s1. The van der Waals surface area contributed by atoms with Crippen molar-refractivity contribution >= 4 is 29.1 Å². The normalized spacial score (nSPS) is 17.0. The van der Waals surface area contributed by atoms with E-state index in [0.29, 0.717) is 23.1 Å². The second kappa shape index (κ2) is 8.05. The number of aromatic nitrogens is 1. The zero-order valence-electron chi connectivity index (χ0n) is 15.7. The topological polar surface area (TPSA) is 70.4 Å². The number of thiocarbonyl (C=S) groups is 1. The van der Waals surface area contributed by atoms with Crippen LogP contribution >= 0.6 is 12.2 Å². The summed E-state index contributed by atoms with van der Waals surface area (Å²) in [6.45, 7) is 5.92. The molecule has 0 radical (unpaired) electrons. The van der Waals surface area contributed by atoms with Crippen molar-refractivity contribution in [2.75, 3.05) is 11.9 Å². The van der Waals surface area contributed by atoms with Gasteiger partial charge in [0.05, 0.1) is 17.2 Å². The number of rotatable bonds is 5. The highest BCUT2D eigenvalue weighted by molar-refractivity contribution is 7.80. The van der Waals surface area contributed by atoms with Gasteiger partial charge in [-0.2, -0.15) is 0 Å². The van der Waals surface area contributed by atoms with Gasteiger partial charge in [0.25, 0.3) is 5.91 Å². The van der Waals surface area contributed by atoms with E-state index in [0.717, 1.165) is 18.6 Å². The van der Waals surface area contributed by atoms with Crippen LogP contribution in [0, 0.1) is 18.6 Å². The van der Waals surface area contributed by atoms with Crippen LogP contribution in [0.2, 0.25) is 0 Å². The number of anilines is 1. The van der Waals surface area contributed by atoms with Gasteiger partial charge in [0.2, 0.25) is 0 Å². The van der Waals surface area contributed by atoms with E-state index in [1.807, 2.05) is 6.92 Å². The highest BCUT2D eigenvalue weighted by atomic mass is 32.1. The number of hydrogen-bond donors (Lipinski definition) is 2. The van der Waals surface area contributed by atoms with Crippen molar-refractivity contribution in [3.63, 3.8) is 0 Å². The van der Waals surface area contributed by atoms with Crippen LogP contribution in [-0.4, -0.2) is 27.6 Å². The zero-order valence-corrected chi connectivity index (χ0v) is 16.5. The number of hydrogen-bond acceptors (Lipinski definition) is 4. The molecule has 3 rings (SSSR count). The average Bonchev–Trinajstić information content (AvgIpc) is 3.03. The van der Waals surface area contributed by atoms with Crippen molar-refractivity contribution in [2.45, 2.75) is 33.2 Å². The number of benzene rings is 1. The van der Waals surface area contributed by atoms with E-state index < -0.39 is 23.6 Å². The van der Waals surface area contributed by atoms with Crippen LogP contribution in [0.25, 0.3) is 0 Å². The Morgan fingerprint density at radius 1 is 1.36 bits per heavy atom. The molecule has 0 spiro atoms. The predicted octanol–water partition coefficient (Wildman–Crippen LogP) is 3.82. The predicted molar refractivity (Wildman–Crippen MR) is 104 cm³/mol. The number of carbonyl (C=O) groups is 1. The van der Waals surface area contributed by atoms with E-state index in [-0.39, 0.29) is 17.0 Å². The molecule has 2 heterocycles. The van der Waals surface area contributed by atoms with Crippen LogP contribution in [0.15, 0.2) is 40.1 Å². The van der Waals surface area contributed by atoms with Gasteiger partial charge >= 0.3 is 0 Å². The Labute approximate surface area is 166 Å². The molecule has 28 heavy (non-hydrogen) atoms. The number of amides is 1. The molecule has 2 N–H and O–H groups in total. The first-order valence-electron chi connectivity index (χ1n) is 8.80. The lowest BCUT2D eigenvalue weighted by Crippen LogP contribution is -2.49. The quantitative estimate of drug-likeness (QED) is 0.736. The summed E-state index contributed by atoms with van der Waals surface area (Å²) in [4.78, 5) is 14.8. The highest BCUT2D eigenvalue weighted by Crippen LogP contribution is 2.34. The number of nitrogens with zero attached hydrogens (tertiary/aromatic N) is 2. The van der Waals surface area contributed by atoms with Gasteiger partial charge in [-0.15, -0.1) is 0 Å².